The average molecular weight is 441 g/mol. The van der Waals surface area contributed by atoms with Crippen molar-refractivity contribution in [1.29, 1.82) is 0 Å². The molecular weight excluding hydrogens is 408 g/mol. The van der Waals surface area contributed by atoms with Crippen molar-refractivity contribution in [2.24, 2.45) is 5.92 Å². The number of H-pyrrole nitrogens is 1. The van der Waals surface area contributed by atoms with Crippen LogP contribution in [0.15, 0.2) is 23.0 Å². The van der Waals surface area contributed by atoms with Crippen LogP contribution in [0.3, 0.4) is 0 Å². The van der Waals surface area contributed by atoms with Crippen LogP contribution in [0.4, 0.5) is 0 Å². The second kappa shape index (κ2) is 8.54. The lowest BCUT2D eigenvalue weighted by atomic mass is 9.95. The molecule has 0 aliphatic carbocycles. The molecule has 2 atom stereocenters. The van der Waals surface area contributed by atoms with Crippen LogP contribution in [-0.4, -0.2) is 57.4 Å². The maximum absolute atomic E-state index is 13.4. The molecule has 0 radical (unpaired) electrons. The number of hydrogen-bond donors (Lipinski definition) is 1. The molecule has 2 unspecified atom stereocenters. The summed E-state index contributed by atoms with van der Waals surface area (Å²) >= 11 is 0. The highest BCUT2D eigenvalue weighted by Gasteiger charge is 2.35. The summed E-state index contributed by atoms with van der Waals surface area (Å²) in [5, 5.41) is 13.5. The number of nitrogens with one attached hydrogen (secondary N) is 1. The highest BCUT2D eigenvalue weighted by molar-refractivity contribution is 5.83. The monoisotopic (exact) mass is 440 g/mol. The highest BCUT2D eigenvalue weighted by Crippen LogP contribution is 2.35. The van der Waals surface area contributed by atoms with Crippen molar-refractivity contribution < 1.29 is 9.47 Å². The maximum Gasteiger partial charge on any atom is 0.253 e. The van der Waals surface area contributed by atoms with Gasteiger partial charge in [-0.15, -0.1) is 5.10 Å². The van der Waals surface area contributed by atoms with E-state index in [1.165, 1.54) is 6.42 Å². The molecule has 1 aliphatic rings. The van der Waals surface area contributed by atoms with E-state index in [-0.39, 0.29) is 17.1 Å². The fourth-order valence-electron chi connectivity index (χ4n) is 4.55. The Morgan fingerprint density at radius 2 is 1.88 bits per heavy atom. The summed E-state index contributed by atoms with van der Waals surface area (Å²) in [6.07, 6.45) is 2.25. The molecule has 1 aliphatic heterocycles. The fraction of sp³-hybridized carbons (Fsp3) is 0.565. The Bertz CT molecular complexity index is 1160. The minimum Gasteiger partial charge on any atom is -0.493 e. The average Bonchev–Trinajstić information content (AvgIpc) is 3.23. The summed E-state index contributed by atoms with van der Waals surface area (Å²) in [7, 11) is 3.18. The van der Waals surface area contributed by atoms with Crippen LogP contribution in [-0.2, 0) is 5.54 Å². The van der Waals surface area contributed by atoms with E-state index in [0.717, 1.165) is 24.9 Å². The van der Waals surface area contributed by atoms with E-state index in [1.54, 1.807) is 20.3 Å². The smallest absolute Gasteiger partial charge is 0.253 e. The molecule has 1 fully saturated rings. The van der Waals surface area contributed by atoms with Gasteiger partial charge in [-0.2, -0.15) is 0 Å². The van der Waals surface area contributed by atoms with Gasteiger partial charge in [0.05, 0.1) is 25.3 Å². The number of benzene rings is 1. The lowest BCUT2D eigenvalue weighted by molar-refractivity contribution is 0.137. The number of piperidine rings is 1. The number of ether oxygens (including phenoxy) is 2. The zero-order valence-corrected chi connectivity index (χ0v) is 19.7. The number of fused-ring (bicyclic) bond motifs is 1. The standard InChI is InChI=1S/C23H32N6O3/c1-14-8-7-9-28(13-14)20(21-25-26-27-29(21)23(2,3)4)16-10-15-11-18(31-5)19(32-6)12-17(15)24-22(16)30/h10-12,14,20H,7-9,13H2,1-6H3,(H,24,30). The van der Waals surface area contributed by atoms with Crippen molar-refractivity contribution in [2.75, 3.05) is 27.3 Å². The van der Waals surface area contributed by atoms with Crippen molar-refractivity contribution in [3.8, 4) is 11.5 Å². The Hall–Kier alpha value is -2.94. The number of pyridine rings is 1. The van der Waals surface area contributed by atoms with E-state index < -0.39 is 0 Å². The summed E-state index contributed by atoms with van der Waals surface area (Å²) in [6.45, 7) is 10.2. The number of hydrogen-bond acceptors (Lipinski definition) is 7. The van der Waals surface area contributed by atoms with Gasteiger partial charge in [0.15, 0.2) is 17.3 Å². The van der Waals surface area contributed by atoms with Crippen molar-refractivity contribution in [3.63, 3.8) is 0 Å². The minimum atomic E-state index is -0.353. The van der Waals surface area contributed by atoms with Gasteiger partial charge in [-0.1, -0.05) is 6.92 Å². The molecule has 0 amide bonds. The number of rotatable bonds is 5. The Balaban J connectivity index is 1.92. The number of aromatic nitrogens is 5. The predicted molar refractivity (Wildman–Crippen MR) is 122 cm³/mol. The third kappa shape index (κ3) is 4.09. The topological polar surface area (TPSA) is 98.2 Å². The predicted octanol–water partition coefficient (Wildman–Crippen LogP) is 3.11. The van der Waals surface area contributed by atoms with Crippen LogP contribution in [0.25, 0.3) is 10.9 Å². The highest BCUT2D eigenvalue weighted by atomic mass is 16.5. The zero-order chi connectivity index (χ0) is 23.0. The molecule has 3 aromatic rings. The van der Waals surface area contributed by atoms with Crippen molar-refractivity contribution in [1.82, 2.24) is 30.1 Å². The summed E-state index contributed by atoms with van der Waals surface area (Å²) in [5.41, 5.74) is 0.840. The van der Waals surface area contributed by atoms with Crippen LogP contribution in [0.5, 0.6) is 11.5 Å². The summed E-state index contributed by atoms with van der Waals surface area (Å²) < 4.78 is 12.7. The first-order valence-corrected chi connectivity index (χ1v) is 11.0. The third-order valence-electron chi connectivity index (χ3n) is 6.10. The van der Waals surface area contributed by atoms with Crippen molar-refractivity contribution in [3.05, 3.63) is 39.9 Å². The van der Waals surface area contributed by atoms with E-state index in [1.807, 2.05) is 16.8 Å². The lowest BCUT2D eigenvalue weighted by Gasteiger charge is -2.37. The first-order valence-electron chi connectivity index (χ1n) is 11.0. The van der Waals surface area contributed by atoms with E-state index in [2.05, 4.69) is 53.1 Å². The first-order chi connectivity index (χ1) is 15.2. The van der Waals surface area contributed by atoms with Crippen LogP contribution in [0.1, 0.15) is 58.0 Å². The van der Waals surface area contributed by atoms with E-state index in [0.29, 0.717) is 34.3 Å². The molecule has 3 heterocycles. The Morgan fingerprint density at radius 3 is 2.53 bits per heavy atom. The maximum atomic E-state index is 13.4. The van der Waals surface area contributed by atoms with E-state index in [4.69, 9.17) is 9.47 Å². The Kier molecular flexibility index (Phi) is 5.94. The second-order valence-electron chi connectivity index (χ2n) is 9.61. The van der Waals surface area contributed by atoms with Crippen LogP contribution < -0.4 is 15.0 Å². The quantitative estimate of drug-likeness (QED) is 0.651. The van der Waals surface area contributed by atoms with Crippen LogP contribution in [0.2, 0.25) is 0 Å². The van der Waals surface area contributed by atoms with Crippen molar-refractivity contribution >= 4 is 10.9 Å². The fourth-order valence-corrected chi connectivity index (χ4v) is 4.55. The molecule has 1 saturated heterocycles. The second-order valence-corrected chi connectivity index (χ2v) is 9.61. The number of likely N-dealkylation sites (tertiary alicyclic amines) is 1. The minimum absolute atomic E-state index is 0.156. The van der Waals surface area contributed by atoms with Gasteiger partial charge in [0.1, 0.15) is 6.04 Å². The molecule has 0 saturated carbocycles. The van der Waals surface area contributed by atoms with Gasteiger partial charge >= 0.3 is 0 Å². The normalized spacial score (nSPS) is 18.6. The molecule has 172 valence electrons. The summed E-state index contributed by atoms with van der Waals surface area (Å²) in [4.78, 5) is 18.7. The largest absolute Gasteiger partial charge is 0.493 e. The lowest BCUT2D eigenvalue weighted by Crippen LogP contribution is -2.42. The molecular formula is C23H32N6O3. The van der Waals surface area contributed by atoms with E-state index in [9.17, 15) is 4.79 Å². The van der Waals surface area contributed by atoms with Crippen molar-refractivity contribution in [2.45, 2.75) is 52.1 Å². The van der Waals surface area contributed by atoms with Gasteiger partial charge in [0, 0.05) is 23.6 Å². The Morgan fingerprint density at radius 1 is 1.16 bits per heavy atom. The van der Waals surface area contributed by atoms with Gasteiger partial charge in [-0.25, -0.2) is 4.68 Å². The third-order valence-corrected chi connectivity index (χ3v) is 6.10. The zero-order valence-electron chi connectivity index (χ0n) is 19.7. The molecule has 4 rings (SSSR count). The van der Waals surface area contributed by atoms with E-state index >= 15 is 0 Å². The first kappa shape index (κ1) is 22.3. The van der Waals surface area contributed by atoms with Crippen LogP contribution in [0, 0.1) is 5.92 Å². The molecule has 1 aromatic carbocycles. The van der Waals surface area contributed by atoms with Gasteiger partial charge in [0.25, 0.3) is 5.56 Å². The SMILES string of the molecule is COc1cc2cc(C(c3nnnn3C(C)(C)C)N3CCCC(C)C3)c(=O)[nH]c2cc1OC. The molecule has 0 bridgehead atoms. The number of nitrogens with zero attached hydrogens (tertiary/aromatic N) is 5. The van der Waals surface area contributed by atoms with Gasteiger partial charge in [-0.05, 0) is 68.6 Å². The summed E-state index contributed by atoms with van der Waals surface area (Å²) in [5.74, 6) is 2.40. The number of methoxy groups -OCH3 is 2. The van der Waals surface area contributed by atoms with Gasteiger partial charge < -0.3 is 14.5 Å². The number of tetrazole rings is 1. The number of aromatic amines is 1. The Labute approximate surface area is 187 Å². The summed E-state index contributed by atoms with van der Waals surface area (Å²) in [6, 6.07) is 5.25. The van der Waals surface area contributed by atoms with Crippen LogP contribution >= 0.6 is 0 Å². The molecule has 2 aromatic heterocycles. The van der Waals surface area contributed by atoms with Gasteiger partial charge in [0.2, 0.25) is 0 Å². The molecule has 9 nitrogen and oxygen atoms in total. The molecule has 0 spiro atoms. The molecule has 1 N–H and O–H groups in total. The molecule has 9 heteroatoms. The molecule has 32 heavy (non-hydrogen) atoms. The van der Waals surface area contributed by atoms with Gasteiger partial charge in [-0.3, -0.25) is 9.69 Å².